The predicted molar refractivity (Wildman–Crippen MR) is 59.1 cm³/mol. The highest BCUT2D eigenvalue weighted by atomic mass is 16.5. The van der Waals surface area contributed by atoms with Crippen molar-refractivity contribution in [3.63, 3.8) is 0 Å². The minimum absolute atomic E-state index is 0.267. The molecular formula is C11H13N3O2. The van der Waals surface area contributed by atoms with E-state index in [1.165, 1.54) is 6.07 Å². The molecule has 5 heteroatoms. The van der Waals surface area contributed by atoms with Crippen LogP contribution in [0.1, 0.15) is 24.1 Å². The van der Waals surface area contributed by atoms with Gasteiger partial charge in [0.15, 0.2) is 0 Å². The number of ether oxygens (including phenoxy) is 1. The van der Waals surface area contributed by atoms with Crippen LogP contribution in [0.15, 0.2) is 18.2 Å². The van der Waals surface area contributed by atoms with Gasteiger partial charge < -0.3 is 16.2 Å². The van der Waals surface area contributed by atoms with Crippen LogP contribution in [0.25, 0.3) is 0 Å². The largest absolute Gasteiger partial charge is 0.465 e. The van der Waals surface area contributed by atoms with Crippen LogP contribution in [0.2, 0.25) is 0 Å². The molecule has 0 amide bonds. The fourth-order valence-electron chi connectivity index (χ4n) is 1.29. The van der Waals surface area contributed by atoms with Crippen LogP contribution >= 0.6 is 0 Å². The van der Waals surface area contributed by atoms with Crippen LogP contribution < -0.4 is 11.5 Å². The highest BCUT2D eigenvalue weighted by Crippen LogP contribution is 2.20. The summed E-state index contributed by atoms with van der Waals surface area (Å²) in [5.41, 5.74) is 12.6. The quantitative estimate of drug-likeness (QED) is 0.575. The summed E-state index contributed by atoms with van der Waals surface area (Å²) in [6.45, 7) is 1.97. The van der Waals surface area contributed by atoms with Gasteiger partial charge in [-0.25, -0.2) is 4.79 Å². The molecule has 1 unspecified atom stereocenters. The third-order valence-corrected chi connectivity index (χ3v) is 2.09. The zero-order chi connectivity index (χ0) is 12.1. The van der Waals surface area contributed by atoms with Crippen LogP contribution in [-0.4, -0.2) is 12.6 Å². The van der Waals surface area contributed by atoms with E-state index in [9.17, 15) is 4.79 Å². The molecule has 16 heavy (non-hydrogen) atoms. The van der Waals surface area contributed by atoms with Crippen LogP contribution in [-0.2, 0) is 9.53 Å². The van der Waals surface area contributed by atoms with Gasteiger partial charge in [0.25, 0.3) is 0 Å². The molecule has 0 saturated heterocycles. The summed E-state index contributed by atoms with van der Waals surface area (Å²) in [6, 6.07) is 5.65. The molecule has 84 valence electrons. The molecule has 5 nitrogen and oxygen atoms in total. The molecule has 0 bridgehead atoms. The van der Waals surface area contributed by atoms with Crippen LogP contribution in [0.5, 0.6) is 0 Å². The molecule has 0 saturated carbocycles. The van der Waals surface area contributed by atoms with Crippen molar-refractivity contribution < 1.29 is 9.53 Å². The molecule has 0 aromatic heterocycles. The maximum absolute atomic E-state index is 11.4. The molecule has 0 aliphatic rings. The van der Waals surface area contributed by atoms with Gasteiger partial charge in [-0.1, -0.05) is 6.07 Å². The molecule has 0 spiro atoms. The normalized spacial score (nSPS) is 11.6. The summed E-state index contributed by atoms with van der Waals surface area (Å²) >= 11 is 0. The number of nitrogens with two attached hydrogens (primary N) is 2. The molecular weight excluding hydrogens is 206 g/mol. The van der Waals surface area contributed by atoms with Gasteiger partial charge in [0.2, 0.25) is 0 Å². The van der Waals surface area contributed by atoms with Crippen molar-refractivity contribution in [3.05, 3.63) is 29.3 Å². The number of hydrogen-bond acceptors (Lipinski definition) is 5. The minimum atomic E-state index is -0.910. The Kier molecular flexibility index (Phi) is 3.86. The van der Waals surface area contributed by atoms with Crippen LogP contribution in [0.4, 0.5) is 5.69 Å². The van der Waals surface area contributed by atoms with E-state index >= 15 is 0 Å². The number of esters is 1. The molecule has 0 aliphatic carbocycles. The first-order valence-electron chi connectivity index (χ1n) is 4.82. The molecule has 0 heterocycles. The number of benzene rings is 1. The second-order valence-electron chi connectivity index (χ2n) is 3.19. The Bertz CT molecular complexity index is 437. The average molecular weight is 219 g/mol. The number of rotatable bonds is 3. The lowest BCUT2D eigenvalue weighted by molar-refractivity contribution is -0.144. The Balaban J connectivity index is 2.97. The smallest absolute Gasteiger partial charge is 0.327 e. The first kappa shape index (κ1) is 12.0. The molecule has 4 N–H and O–H groups in total. The fraction of sp³-hybridized carbons (Fsp3) is 0.273. The van der Waals surface area contributed by atoms with E-state index < -0.39 is 12.0 Å². The molecule has 0 fully saturated rings. The zero-order valence-electron chi connectivity index (χ0n) is 8.93. The topological polar surface area (TPSA) is 102 Å². The maximum atomic E-state index is 11.4. The fourth-order valence-corrected chi connectivity index (χ4v) is 1.29. The van der Waals surface area contributed by atoms with E-state index in [1.807, 2.05) is 6.07 Å². The number of carbonyl (C=O) groups excluding carboxylic acids is 1. The highest BCUT2D eigenvalue weighted by Gasteiger charge is 2.19. The second-order valence-corrected chi connectivity index (χ2v) is 3.19. The minimum Gasteiger partial charge on any atom is -0.465 e. The van der Waals surface area contributed by atoms with E-state index in [0.717, 1.165) is 0 Å². The van der Waals surface area contributed by atoms with Crippen molar-refractivity contribution in [2.24, 2.45) is 5.73 Å². The molecule has 1 aromatic rings. The summed E-state index contributed by atoms with van der Waals surface area (Å²) < 4.78 is 4.79. The van der Waals surface area contributed by atoms with Gasteiger partial charge in [-0.05, 0) is 19.1 Å². The van der Waals surface area contributed by atoms with Crippen molar-refractivity contribution in [2.75, 3.05) is 12.3 Å². The van der Waals surface area contributed by atoms with E-state index in [0.29, 0.717) is 16.8 Å². The van der Waals surface area contributed by atoms with Gasteiger partial charge in [-0.3, -0.25) is 0 Å². The highest BCUT2D eigenvalue weighted by molar-refractivity contribution is 5.79. The molecule has 1 atom stereocenters. The molecule has 1 rings (SSSR count). The van der Waals surface area contributed by atoms with Crippen molar-refractivity contribution in [1.82, 2.24) is 0 Å². The second kappa shape index (κ2) is 5.14. The molecule has 0 radical (unpaired) electrons. The number of nitrogens with zero attached hydrogens (tertiary/aromatic N) is 1. The van der Waals surface area contributed by atoms with Gasteiger partial charge in [-0.15, -0.1) is 0 Å². The third-order valence-electron chi connectivity index (χ3n) is 2.09. The Morgan fingerprint density at radius 2 is 2.31 bits per heavy atom. The van der Waals surface area contributed by atoms with E-state index in [4.69, 9.17) is 21.5 Å². The van der Waals surface area contributed by atoms with Gasteiger partial charge in [0.1, 0.15) is 6.04 Å². The first-order valence-corrected chi connectivity index (χ1v) is 4.82. The summed E-state index contributed by atoms with van der Waals surface area (Å²) in [5, 5.41) is 8.66. The first-order chi connectivity index (χ1) is 7.60. The lowest BCUT2D eigenvalue weighted by Crippen LogP contribution is -2.24. The zero-order valence-corrected chi connectivity index (χ0v) is 8.93. The van der Waals surface area contributed by atoms with E-state index in [-0.39, 0.29) is 6.61 Å². The van der Waals surface area contributed by atoms with Crippen molar-refractivity contribution in [2.45, 2.75) is 13.0 Å². The van der Waals surface area contributed by atoms with E-state index in [2.05, 4.69) is 0 Å². The summed E-state index contributed by atoms with van der Waals surface area (Å²) in [7, 11) is 0. The lowest BCUT2D eigenvalue weighted by atomic mass is 10.0. The third kappa shape index (κ3) is 2.49. The predicted octanol–water partition coefficient (Wildman–Crippen LogP) is 0.703. The number of carbonyl (C=O) groups is 1. The standard InChI is InChI=1S/C11H13N3O2/c1-2-16-11(15)10(14)8-4-3-7(6-12)5-9(8)13/h3-5,10H,2,13-14H2,1H3. The average Bonchev–Trinajstić information content (AvgIpc) is 2.28. The Morgan fingerprint density at radius 3 is 2.81 bits per heavy atom. The number of nitriles is 1. The number of nitrogen functional groups attached to an aromatic ring is 1. The van der Waals surface area contributed by atoms with Gasteiger partial charge in [0.05, 0.1) is 18.2 Å². The summed E-state index contributed by atoms with van der Waals surface area (Å²) in [5.74, 6) is -0.529. The van der Waals surface area contributed by atoms with Crippen molar-refractivity contribution in [3.8, 4) is 6.07 Å². The van der Waals surface area contributed by atoms with Gasteiger partial charge in [0, 0.05) is 11.3 Å². The molecule has 1 aromatic carbocycles. The van der Waals surface area contributed by atoms with Gasteiger partial charge in [-0.2, -0.15) is 5.26 Å². The van der Waals surface area contributed by atoms with Crippen LogP contribution in [0.3, 0.4) is 0 Å². The van der Waals surface area contributed by atoms with Gasteiger partial charge >= 0.3 is 5.97 Å². The number of anilines is 1. The number of hydrogen-bond donors (Lipinski definition) is 2. The molecule has 0 aliphatic heterocycles. The SMILES string of the molecule is CCOC(=O)C(N)c1ccc(C#N)cc1N. The lowest BCUT2D eigenvalue weighted by Gasteiger charge is -2.13. The Hall–Kier alpha value is -2.06. The summed E-state index contributed by atoms with van der Waals surface area (Å²) in [6.07, 6.45) is 0. The Morgan fingerprint density at radius 1 is 1.62 bits per heavy atom. The van der Waals surface area contributed by atoms with Crippen molar-refractivity contribution >= 4 is 11.7 Å². The summed E-state index contributed by atoms with van der Waals surface area (Å²) in [4.78, 5) is 11.4. The maximum Gasteiger partial charge on any atom is 0.327 e. The van der Waals surface area contributed by atoms with Crippen molar-refractivity contribution in [1.29, 1.82) is 5.26 Å². The monoisotopic (exact) mass is 219 g/mol. The van der Waals surface area contributed by atoms with Crippen LogP contribution in [0, 0.1) is 11.3 Å². The Labute approximate surface area is 93.6 Å². The van der Waals surface area contributed by atoms with E-state index in [1.54, 1.807) is 19.1 Å².